The number of nitrogens with one attached hydrogen (secondary N) is 1. The van der Waals surface area contributed by atoms with Crippen molar-refractivity contribution in [1.29, 1.82) is 0 Å². The predicted octanol–water partition coefficient (Wildman–Crippen LogP) is 2.69. The van der Waals surface area contributed by atoms with Crippen molar-refractivity contribution in [3.8, 4) is 0 Å². The van der Waals surface area contributed by atoms with Crippen LogP contribution in [0.15, 0.2) is 42.5 Å². The van der Waals surface area contributed by atoms with Crippen molar-refractivity contribution in [3.05, 3.63) is 63.7 Å². The second kappa shape index (κ2) is 6.72. The van der Waals surface area contributed by atoms with E-state index >= 15 is 0 Å². The van der Waals surface area contributed by atoms with Crippen molar-refractivity contribution in [2.75, 3.05) is 16.8 Å². The first-order chi connectivity index (χ1) is 11.9. The lowest BCUT2D eigenvalue weighted by molar-refractivity contribution is -0.384. The summed E-state index contributed by atoms with van der Waals surface area (Å²) in [6, 6.07) is 11.4. The molecule has 0 radical (unpaired) electrons. The fraction of sp³-hybridized carbons (Fsp3) is 0.222. The molecule has 7 heteroatoms. The number of amides is 2. The van der Waals surface area contributed by atoms with Gasteiger partial charge in [0.2, 0.25) is 11.8 Å². The SMILES string of the molecule is CC(=O)N1CCc2ccc(NC(=O)Cc3ccc([N+](=O)[O-])cc3)cc21. The predicted molar refractivity (Wildman–Crippen MR) is 93.6 cm³/mol. The number of benzene rings is 2. The van der Waals surface area contributed by atoms with Gasteiger partial charge in [-0.2, -0.15) is 0 Å². The fourth-order valence-corrected chi connectivity index (χ4v) is 2.91. The smallest absolute Gasteiger partial charge is 0.269 e. The summed E-state index contributed by atoms with van der Waals surface area (Å²) < 4.78 is 0. The normalized spacial score (nSPS) is 12.6. The minimum Gasteiger partial charge on any atom is -0.326 e. The molecule has 1 aliphatic rings. The molecule has 2 aromatic carbocycles. The molecule has 2 aromatic rings. The van der Waals surface area contributed by atoms with Crippen molar-refractivity contribution in [3.63, 3.8) is 0 Å². The second-order valence-electron chi connectivity index (χ2n) is 5.91. The van der Waals surface area contributed by atoms with E-state index in [1.807, 2.05) is 12.1 Å². The van der Waals surface area contributed by atoms with Gasteiger partial charge in [-0.3, -0.25) is 19.7 Å². The maximum Gasteiger partial charge on any atom is 0.269 e. The number of carbonyl (C=O) groups is 2. The summed E-state index contributed by atoms with van der Waals surface area (Å²) in [7, 11) is 0. The number of hydrogen-bond donors (Lipinski definition) is 1. The van der Waals surface area contributed by atoms with E-state index in [0.29, 0.717) is 17.8 Å². The van der Waals surface area contributed by atoms with Crippen molar-refractivity contribution < 1.29 is 14.5 Å². The fourth-order valence-electron chi connectivity index (χ4n) is 2.91. The monoisotopic (exact) mass is 339 g/mol. The van der Waals surface area contributed by atoms with Gasteiger partial charge in [0.05, 0.1) is 11.3 Å². The molecule has 0 bridgehead atoms. The molecule has 1 heterocycles. The van der Waals surface area contributed by atoms with E-state index < -0.39 is 4.92 Å². The zero-order valence-corrected chi connectivity index (χ0v) is 13.7. The van der Waals surface area contributed by atoms with E-state index in [1.54, 1.807) is 23.1 Å². The summed E-state index contributed by atoms with van der Waals surface area (Å²) in [5.74, 6) is -0.241. The van der Waals surface area contributed by atoms with Gasteiger partial charge in [-0.05, 0) is 29.7 Å². The summed E-state index contributed by atoms with van der Waals surface area (Å²) in [5.41, 5.74) is 3.23. The summed E-state index contributed by atoms with van der Waals surface area (Å²) in [4.78, 5) is 35.7. The Hall–Kier alpha value is -3.22. The average molecular weight is 339 g/mol. The molecule has 0 saturated heterocycles. The van der Waals surface area contributed by atoms with Crippen LogP contribution in [-0.2, 0) is 22.4 Å². The van der Waals surface area contributed by atoms with Gasteiger partial charge in [0.25, 0.3) is 5.69 Å². The third-order valence-electron chi connectivity index (χ3n) is 4.16. The minimum absolute atomic E-state index is 0.00731. The van der Waals surface area contributed by atoms with E-state index in [9.17, 15) is 19.7 Å². The summed E-state index contributed by atoms with van der Waals surface area (Å²) in [6.07, 6.45) is 0.928. The molecule has 7 nitrogen and oxygen atoms in total. The average Bonchev–Trinajstić information content (AvgIpc) is 2.98. The molecule has 1 N–H and O–H groups in total. The highest BCUT2D eigenvalue weighted by Gasteiger charge is 2.22. The Morgan fingerprint density at radius 1 is 1.20 bits per heavy atom. The number of fused-ring (bicyclic) bond motifs is 1. The van der Waals surface area contributed by atoms with Gasteiger partial charge >= 0.3 is 0 Å². The highest BCUT2D eigenvalue weighted by molar-refractivity contribution is 5.97. The number of anilines is 2. The van der Waals surface area contributed by atoms with Crippen LogP contribution < -0.4 is 10.2 Å². The Balaban J connectivity index is 1.68. The number of rotatable bonds is 4. The molecule has 0 fully saturated rings. The summed E-state index contributed by atoms with van der Waals surface area (Å²) >= 11 is 0. The molecule has 0 saturated carbocycles. The highest BCUT2D eigenvalue weighted by Crippen LogP contribution is 2.30. The maximum atomic E-state index is 12.2. The van der Waals surface area contributed by atoms with Crippen molar-refractivity contribution in [2.45, 2.75) is 19.8 Å². The van der Waals surface area contributed by atoms with E-state index in [-0.39, 0.29) is 23.9 Å². The molecule has 2 amide bonds. The number of nitro groups is 1. The van der Waals surface area contributed by atoms with Crippen molar-refractivity contribution in [2.24, 2.45) is 0 Å². The first-order valence-electron chi connectivity index (χ1n) is 7.88. The first kappa shape index (κ1) is 16.6. The van der Waals surface area contributed by atoms with Gasteiger partial charge in [-0.15, -0.1) is 0 Å². The van der Waals surface area contributed by atoms with E-state index in [0.717, 1.165) is 17.7 Å². The number of carbonyl (C=O) groups excluding carboxylic acids is 2. The van der Waals surface area contributed by atoms with E-state index in [4.69, 9.17) is 0 Å². The van der Waals surface area contributed by atoms with Crippen LogP contribution in [0.25, 0.3) is 0 Å². The molecular formula is C18H17N3O4. The zero-order valence-electron chi connectivity index (χ0n) is 13.7. The van der Waals surface area contributed by atoms with Crippen LogP contribution >= 0.6 is 0 Å². The Morgan fingerprint density at radius 2 is 1.92 bits per heavy atom. The molecule has 1 aliphatic heterocycles. The van der Waals surface area contributed by atoms with Crippen LogP contribution in [0, 0.1) is 10.1 Å². The maximum absolute atomic E-state index is 12.2. The molecule has 3 rings (SSSR count). The van der Waals surface area contributed by atoms with Gasteiger partial charge in [0.1, 0.15) is 0 Å². The highest BCUT2D eigenvalue weighted by atomic mass is 16.6. The van der Waals surface area contributed by atoms with Crippen LogP contribution in [-0.4, -0.2) is 23.3 Å². The number of non-ortho nitro benzene ring substituents is 1. The number of nitro benzene ring substituents is 1. The molecule has 25 heavy (non-hydrogen) atoms. The quantitative estimate of drug-likeness (QED) is 0.684. The third kappa shape index (κ3) is 3.65. The van der Waals surface area contributed by atoms with Crippen LogP contribution in [0.5, 0.6) is 0 Å². The Bertz CT molecular complexity index is 846. The van der Waals surface area contributed by atoms with Gasteiger partial charge in [0.15, 0.2) is 0 Å². The van der Waals surface area contributed by atoms with Crippen LogP contribution in [0.3, 0.4) is 0 Å². The zero-order chi connectivity index (χ0) is 18.0. The summed E-state index contributed by atoms with van der Waals surface area (Å²) in [6.45, 7) is 2.18. The molecule has 0 unspecified atom stereocenters. The standard InChI is InChI=1S/C18H17N3O4/c1-12(22)20-9-8-14-4-5-15(11-17(14)20)19-18(23)10-13-2-6-16(7-3-13)21(24)25/h2-7,11H,8-10H2,1H3,(H,19,23). The lowest BCUT2D eigenvalue weighted by Crippen LogP contribution is -2.25. The lowest BCUT2D eigenvalue weighted by atomic mass is 10.1. The Kier molecular flexibility index (Phi) is 4.47. The van der Waals surface area contributed by atoms with Gasteiger partial charge in [-0.25, -0.2) is 0 Å². The van der Waals surface area contributed by atoms with Crippen LogP contribution in [0.4, 0.5) is 17.1 Å². The van der Waals surface area contributed by atoms with Crippen LogP contribution in [0.1, 0.15) is 18.1 Å². The van der Waals surface area contributed by atoms with Crippen molar-refractivity contribution in [1.82, 2.24) is 0 Å². The molecule has 0 atom stereocenters. The molecule has 128 valence electrons. The van der Waals surface area contributed by atoms with Gasteiger partial charge < -0.3 is 10.2 Å². The largest absolute Gasteiger partial charge is 0.326 e. The molecule has 0 aliphatic carbocycles. The first-order valence-corrected chi connectivity index (χ1v) is 7.88. The Morgan fingerprint density at radius 3 is 2.56 bits per heavy atom. The number of hydrogen-bond acceptors (Lipinski definition) is 4. The van der Waals surface area contributed by atoms with Crippen LogP contribution in [0.2, 0.25) is 0 Å². The lowest BCUT2D eigenvalue weighted by Gasteiger charge is -2.15. The molecular weight excluding hydrogens is 322 g/mol. The number of nitrogens with zero attached hydrogens (tertiary/aromatic N) is 2. The van der Waals surface area contributed by atoms with Crippen molar-refractivity contribution >= 4 is 28.9 Å². The Labute approximate surface area is 144 Å². The topological polar surface area (TPSA) is 92.6 Å². The molecule has 0 aromatic heterocycles. The van der Waals surface area contributed by atoms with Gasteiger partial charge in [-0.1, -0.05) is 18.2 Å². The second-order valence-corrected chi connectivity index (χ2v) is 5.91. The summed E-state index contributed by atoms with van der Waals surface area (Å²) in [5, 5.41) is 13.4. The van der Waals surface area contributed by atoms with E-state index in [2.05, 4.69) is 5.32 Å². The van der Waals surface area contributed by atoms with Gasteiger partial charge in [0, 0.05) is 37.0 Å². The minimum atomic E-state index is -0.477. The third-order valence-corrected chi connectivity index (χ3v) is 4.16. The molecule has 0 spiro atoms. The van der Waals surface area contributed by atoms with E-state index in [1.165, 1.54) is 19.1 Å².